The second kappa shape index (κ2) is 9.78. The van der Waals surface area contributed by atoms with Gasteiger partial charge in [-0.25, -0.2) is 0 Å². The van der Waals surface area contributed by atoms with Crippen molar-refractivity contribution in [1.82, 2.24) is 20.0 Å². The lowest BCUT2D eigenvalue weighted by Gasteiger charge is -2.39. The van der Waals surface area contributed by atoms with Gasteiger partial charge in [0.1, 0.15) is 6.04 Å². The minimum Gasteiger partial charge on any atom is -0.357 e. The Bertz CT molecular complexity index is 439. The molecule has 2 fully saturated rings. The molecule has 0 aromatic carbocycles. The molecule has 0 saturated carbocycles. The van der Waals surface area contributed by atoms with E-state index < -0.39 is 12.2 Å². The van der Waals surface area contributed by atoms with Crippen molar-refractivity contribution in [1.29, 1.82) is 0 Å². The third-order valence-electron chi connectivity index (χ3n) is 5.61. The fourth-order valence-corrected chi connectivity index (χ4v) is 3.66. The van der Waals surface area contributed by atoms with Gasteiger partial charge in [-0.2, -0.15) is 13.2 Å². The summed E-state index contributed by atoms with van der Waals surface area (Å²) in [5.74, 6) is 1.59. The number of nitrogens with zero attached hydrogens (tertiary/aromatic N) is 4. The van der Waals surface area contributed by atoms with Crippen LogP contribution in [0.25, 0.3) is 0 Å². The molecule has 5 nitrogen and oxygen atoms in total. The Morgan fingerprint density at radius 2 is 1.73 bits per heavy atom. The van der Waals surface area contributed by atoms with E-state index >= 15 is 0 Å². The van der Waals surface area contributed by atoms with Gasteiger partial charge in [0.2, 0.25) is 0 Å². The number of piperidine rings is 1. The zero-order valence-corrected chi connectivity index (χ0v) is 16.4. The molecule has 0 amide bonds. The Balaban J connectivity index is 1.81. The number of alkyl halides is 3. The average molecular weight is 377 g/mol. The van der Waals surface area contributed by atoms with Crippen molar-refractivity contribution < 1.29 is 13.2 Å². The highest BCUT2D eigenvalue weighted by molar-refractivity contribution is 5.80. The monoisotopic (exact) mass is 377 g/mol. The molecule has 2 aliphatic heterocycles. The van der Waals surface area contributed by atoms with Gasteiger partial charge in [0, 0.05) is 39.3 Å². The number of hydrogen-bond acceptors (Lipinski definition) is 3. The number of hydrogen-bond donors (Lipinski definition) is 1. The molecule has 8 heteroatoms. The molecule has 0 aliphatic carbocycles. The molecule has 2 heterocycles. The van der Waals surface area contributed by atoms with Gasteiger partial charge in [0.25, 0.3) is 0 Å². The van der Waals surface area contributed by atoms with Crippen molar-refractivity contribution in [2.75, 3.05) is 59.4 Å². The molecule has 1 unspecified atom stereocenters. The summed E-state index contributed by atoms with van der Waals surface area (Å²) in [7, 11) is 2.16. The first kappa shape index (κ1) is 21.3. The first-order valence-corrected chi connectivity index (χ1v) is 9.83. The van der Waals surface area contributed by atoms with Crippen LogP contribution in [0.3, 0.4) is 0 Å². The Labute approximate surface area is 155 Å². The highest BCUT2D eigenvalue weighted by Crippen LogP contribution is 2.25. The quantitative estimate of drug-likeness (QED) is 0.589. The second-order valence-electron chi connectivity index (χ2n) is 7.51. The molecule has 1 atom stereocenters. The highest BCUT2D eigenvalue weighted by Gasteiger charge is 2.41. The minimum atomic E-state index is -4.16. The molecule has 2 rings (SSSR count). The van der Waals surface area contributed by atoms with Gasteiger partial charge in [-0.15, -0.1) is 0 Å². The molecule has 0 aromatic heterocycles. The molecule has 2 saturated heterocycles. The van der Waals surface area contributed by atoms with Crippen LogP contribution in [0.4, 0.5) is 13.2 Å². The van der Waals surface area contributed by atoms with Crippen LogP contribution in [0.2, 0.25) is 0 Å². The van der Waals surface area contributed by atoms with E-state index in [2.05, 4.69) is 22.2 Å². The molecule has 0 radical (unpaired) electrons. The predicted octanol–water partition coefficient (Wildman–Crippen LogP) is 2.25. The lowest BCUT2D eigenvalue weighted by atomic mass is 9.94. The van der Waals surface area contributed by atoms with E-state index in [9.17, 15) is 13.2 Å². The topological polar surface area (TPSA) is 34.1 Å². The summed E-state index contributed by atoms with van der Waals surface area (Å²) < 4.78 is 38.7. The van der Waals surface area contributed by atoms with E-state index in [1.165, 1.54) is 24.7 Å². The Hall–Kier alpha value is -1.02. The zero-order valence-electron chi connectivity index (χ0n) is 16.4. The van der Waals surface area contributed by atoms with Crippen molar-refractivity contribution in [2.24, 2.45) is 10.9 Å². The Morgan fingerprint density at radius 1 is 1.12 bits per heavy atom. The fourth-order valence-electron chi connectivity index (χ4n) is 3.66. The molecule has 0 spiro atoms. The lowest BCUT2D eigenvalue weighted by molar-refractivity contribution is -0.181. The van der Waals surface area contributed by atoms with Crippen LogP contribution < -0.4 is 5.32 Å². The molecule has 0 bridgehead atoms. The molecule has 1 N–H and O–H groups in total. The number of nitrogens with one attached hydrogen (secondary N) is 1. The first-order chi connectivity index (χ1) is 12.3. The molecule has 0 aromatic rings. The number of guanidine groups is 1. The van der Waals surface area contributed by atoms with Crippen molar-refractivity contribution >= 4 is 5.96 Å². The predicted molar refractivity (Wildman–Crippen MR) is 99.5 cm³/mol. The lowest BCUT2D eigenvalue weighted by Crippen LogP contribution is -2.56. The van der Waals surface area contributed by atoms with Gasteiger partial charge in [0.15, 0.2) is 5.96 Å². The fraction of sp³-hybridized carbons (Fsp3) is 0.944. The van der Waals surface area contributed by atoms with Crippen molar-refractivity contribution in [3.05, 3.63) is 0 Å². The third kappa shape index (κ3) is 6.30. The Morgan fingerprint density at radius 3 is 2.27 bits per heavy atom. The molecule has 152 valence electrons. The average Bonchev–Trinajstić information content (AvgIpc) is 2.61. The molecule has 2 aliphatic rings. The van der Waals surface area contributed by atoms with E-state index in [0.29, 0.717) is 26.2 Å². The van der Waals surface area contributed by atoms with Gasteiger partial charge in [0.05, 0.1) is 0 Å². The van der Waals surface area contributed by atoms with Crippen LogP contribution in [0.5, 0.6) is 0 Å². The van der Waals surface area contributed by atoms with Gasteiger partial charge in [-0.1, -0.05) is 0 Å². The first-order valence-electron chi connectivity index (χ1n) is 9.83. The summed E-state index contributed by atoms with van der Waals surface area (Å²) in [4.78, 5) is 10.7. The third-order valence-corrected chi connectivity index (χ3v) is 5.61. The van der Waals surface area contributed by atoms with Crippen molar-refractivity contribution in [3.63, 3.8) is 0 Å². The van der Waals surface area contributed by atoms with Crippen LogP contribution in [-0.2, 0) is 0 Å². The number of likely N-dealkylation sites (tertiary alicyclic amines) is 1. The summed E-state index contributed by atoms with van der Waals surface area (Å²) in [5, 5.41) is 3.30. The molecular weight excluding hydrogens is 343 g/mol. The summed E-state index contributed by atoms with van der Waals surface area (Å²) >= 11 is 0. The van der Waals surface area contributed by atoms with E-state index in [1.807, 2.05) is 6.92 Å². The van der Waals surface area contributed by atoms with Crippen LogP contribution in [-0.4, -0.2) is 92.3 Å². The maximum Gasteiger partial charge on any atom is 0.403 e. The molecule has 26 heavy (non-hydrogen) atoms. The molecular formula is C18H34F3N5. The van der Waals surface area contributed by atoms with Crippen molar-refractivity contribution in [2.45, 2.75) is 45.3 Å². The summed E-state index contributed by atoms with van der Waals surface area (Å²) in [5.41, 5.74) is 0. The van der Waals surface area contributed by atoms with E-state index in [0.717, 1.165) is 44.5 Å². The smallest absolute Gasteiger partial charge is 0.357 e. The number of piperazine rings is 1. The van der Waals surface area contributed by atoms with E-state index in [-0.39, 0.29) is 0 Å². The summed E-state index contributed by atoms with van der Waals surface area (Å²) in [6.45, 7) is 9.15. The van der Waals surface area contributed by atoms with Crippen LogP contribution >= 0.6 is 0 Å². The van der Waals surface area contributed by atoms with E-state index in [1.54, 1.807) is 0 Å². The SMILES string of the molecule is CCNC(=NCCC1CCN(C)CC1)N1CCN(C(C)C(F)(F)F)CC1. The highest BCUT2D eigenvalue weighted by atomic mass is 19.4. The number of halogens is 3. The van der Waals surface area contributed by atoms with Gasteiger partial charge in [-0.3, -0.25) is 9.89 Å². The van der Waals surface area contributed by atoms with Gasteiger partial charge < -0.3 is 15.1 Å². The maximum atomic E-state index is 12.9. The van der Waals surface area contributed by atoms with Crippen LogP contribution in [0.15, 0.2) is 4.99 Å². The standard InChI is InChI=1S/C18H34F3N5/c1-4-22-17(23-8-5-16-6-9-24(3)10-7-16)26-13-11-25(12-14-26)15(2)18(19,20)21/h15-16H,4-14H2,1-3H3,(H,22,23). The van der Waals surface area contributed by atoms with Gasteiger partial charge in [-0.05, 0) is 59.2 Å². The number of rotatable bonds is 5. The van der Waals surface area contributed by atoms with E-state index in [4.69, 9.17) is 4.99 Å². The zero-order chi connectivity index (χ0) is 19.2. The van der Waals surface area contributed by atoms with Crippen molar-refractivity contribution in [3.8, 4) is 0 Å². The summed E-state index contributed by atoms with van der Waals surface area (Å²) in [6, 6.07) is -1.38. The van der Waals surface area contributed by atoms with Gasteiger partial charge >= 0.3 is 6.18 Å². The van der Waals surface area contributed by atoms with Crippen LogP contribution in [0, 0.1) is 5.92 Å². The van der Waals surface area contributed by atoms with Crippen LogP contribution in [0.1, 0.15) is 33.1 Å². The Kier molecular flexibility index (Phi) is 8.01. The summed E-state index contributed by atoms with van der Waals surface area (Å²) in [6.07, 6.45) is -0.601. The minimum absolute atomic E-state index is 0.417. The number of aliphatic imine (C=N–C) groups is 1. The second-order valence-corrected chi connectivity index (χ2v) is 7.51. The normalized spacial score (nSPS) is 23.3. The largest absolute Gasteiger partial charge is 0.403 e. The maximum absolute atomic E-state index is 12.9.